The number of hydrogen-bond donors (Lipinski definition) is 3. The number of amides is 2. The van der Waals surface area contributed by atoms with E-state index in [-0.39, 0.29) is 6.54 Å². The number of nitrogens with one attached hydrogen (secondary N) is 2. The Hall–Kier alpha value is -3.32. The third-order valence-electron chi connectivity index (χ3n) is 4.59. The van der Waals surface area contributed by atoms with Crippen molar-refractivity contribution >= 4 is 34.1 Å². The minimum atomic E-state index is -0.915. The number of hydrogen-bond acceptors (Lipinski definition) is 4. The first-order valence-corrected chi connectivity index (χ1v) is 8.95. The molecule has 1 atom stereocenters. The third-order valence-corrected chi connectivity index (χ3v) is 4.59. The molecule has 0 radical (unpaired) electrons. The van der Waals surface area contributed by atoms with E-state index in [1.165, 1.54) is 0 Å². The van der Waals surface area contributed by atoms with Gasteiger partial charge in [-0.15, -0.1) is 0 Å². The molecule has 7 heteroatoms. The fourth-order valence-corrected chi connectivity index (χ4v) is 3.05. The largest absolute Gasteiger partial charge is 0.386 e. The number of benzene rings is 2. The molecular formula is C21H24N4O3. The zero-order chi connectivity index (χ0) is 20.3. The summed E-state index contributed by atoms with van der Waals surface area (Å²) in [5, 5.41) is 16.4. The second-order valence-electron chi connectivity index (χ2n) is 6.83. The molecule has 1 heterocycles. The van der Waals surface area contributed by atoms with E-state index >= 15 is 0 Å². The molecule has 0 saturated heterocycles. The van der Waals surface area contributed by atoms with E-state index in [9.17, 15) is 14.7 Å². The van der Waals surface area contributed by atoms with E-state index in [4.69, 9.17) is 0 Å². The quantitative estimate of drug-likeness (QED) is 0.591. The van der Waals surface area contributed by atoms with Crippen molar-refractivity contribution in [2.24, 2.45) is 7.05 Å². The molecule has 2 aromatic carbocycles. The van der Waals surface area contributed by atoms with Gasteiger partial charge in [-0.1, -0.05) is 18.2 Å². The zero-order valence-corrected chi connectivity index (χ0v) is 16.1. The van der Waals surface area contributed by atoms with Crippen LogP contribution < -0.4 is 15.5 Å². The summed E-state index contributed by atoms with van der Waals surface area (Å²) >= 11 is 0. The lowest BCUT2D eigenvalue weighted by molar-refractivity contribution is -0.136. The molecule has 1 aromatic heterocycles. The van der Waals surface area contributed by atoms with E-state index in [2.05, 4.69) is 10.6 Å². The Labute approximate surface area is 163 Å². The molecule has 7 nitrogen and oxygen atoms in total. The summed E-state index contributed by atoms with van der Waals surface area (Å²) in [4.78, 5) is 26.1. The number of aryl methyl sites for hydroxylation is 1. The highest BCUT2D eigenvalue weighted by molar-refractivity contribution is 6.39. The Morgan fingerprint density at radius 1 is 1.07 bits per heavy atom. The first kappa shape index (κ1) is 19.4. The fourth-order valence-electron chi connectivity index (χ4n) is 3.05. The molecule has 3 N–H and O–H groups in total. The van der Waals surface area contributed by atoms with Crippen molar-refractivity contribution < 1.29 is 14.7 Å². The number of aromatic nitrogens is 1. The first-order valence-electron chi connectivity index (χ1n) is 8.95. The van der Waals surface area contributed by atoms with E-state index in [0.29, 0.717) is 11.3 Å². The molecule has 28 heavy (non-hydrogen) atoms. The van der Waals surface area contributed by atoms with Crippen molar-refractivity contribution in [2.45, 2.75) is 6.10 Å². The van der Waals surface area contributed by atoms with Gasteiger partial charge < -0.3 is 25.2 Å². The molecule has 0 aliphatic heterocycles. The van der Waals surface area contributed by atoms with Gasteiger partial charge >= 0.3 is 11.8 Å². The molecule has 0 bridgehead atoms. The molecule has 0 aliphatic rings. The molecule has 0 spiro atoms. The van der Waals surface area contributed by atoms with Crippen LogP contribution in [0.1, 0.15) is 11.7 Å². The highest BCUT2D eigenvalue weighted by Crippen LogP contribution is 2.25. The number of anilines is 2. The number of aliphatic hydroxyl groups is 1. The molecule has 3 aromatic rings. The number of nitrogens with zero attached hydrogens (tertiary/aromatic N) is 2. The van der Waals surface area contributed by atoms with Crippen LogP contribution in [-0.2, 0) is 16.6 Å². The van der Waals surface area contributed by atoms with Gasteiger partial charge in [0, 0.05) is 61.7 Å². The van der Waals surface area contributed by atoms with Gasteiger partial charge in [0.2, 0.25) is 0 Å². The van der Waals surface area contributed by atoms with Crippen LogP contribution in [0.2, 0.25) is 0 Å². The van der Waals surface area contributed by atoms with Crippen LogP contribution in [0.4, 0.5) is 11.4 Å². The maximum absolute atomic E-state index is 12.1. The van der Waals surface area contributed by atoms with Gasteiger partial charge in [0.1, 0.15) is 0 Å². The fraction of sp³-hybridized carbons (Fsp3) is 0.238. The Bertz CT molecular complexity index is 993. The van der Waals surface area contributed by atoms with Gasteiger partial charge in [0.15, 0.2) is 0 Å². The molecule has 2 amide bonds. The number of carbonyl (C=O) groups is 2. The predicted molar refractivity (Wildman–Crippen MR) is 110 cm³/mol. The second kappa shape index (κ2) is 8.14. The van der Waals surface area contributed by atoms with Gasteiger partial charge in [-0.3, -0.25) is 9.59 Å². The van der Waals surface area contributed by atoms with Crippen LogP contribution in [0.15, 0.2) is 54.7 Å². The SMILES string of the molecule is CN(C)c1ccc(NC(=O)C(=O)NCC(O)c2cn(C)c3ccccc23)cc1. The number of aliphatic hydroxyl groups excluding tert-OH is 1. The topological polar surface area (TPSA) is 86.6 Å². The summed E-state index contributed by atoms with van der Waals surface area (Å²) in [5.74, 6) is -1.57. The molecule has 3 rings (SSSR count). The minimum absolute atomic E-state index is 0.0557. The van der Waals surface area contributed by atoms with Crippen molar-refractivity contribution in [3.05, 3.63) is 60.3 Å². The highest BCUT2D eigenvalue weighted by atomic mass is 16.3. The summed E-state index contributed by atoms with van der Waals surface area (Å²) in [5.41, 5.74) is 3.21. The maximum atomic E-state index is 12.1. The van der Waals surface area contributed by atoms with Crippen LogP contribution in [0.25, 0.3) is 10.9 Å². The van der Waals surface area contributed by atoms with Crippen molar-refractivity contribution in [1.82, 2.24) is 9.88 Å². The van der Waals surface area contributed by atoms with Crippen LogP contribution in [0.5, 0.6) is 0 Å². The lowest BCUT2D eigenvalue weighted by Gasteiger charge is -2.13. The van der Waals surface area contributed by atoms with Crippen LogP contribution in [-0.4, -0.2) is 42.1 Å². The zero-order valence-electron chi connectivity index (χ0n) is 16.1. The van der Waals surface area contributed by atoms with Crippen molar-refractivity contribution in [3.8, 4) is 0 Å². The summed E-state index contributed by atoms with van der Waals surface area (Å²) < 4.78 is 1.92. The van der Waals surface area contributed by atoms with E-state index < -0.39 is 17.9 Å². The van der Waals surface area contributed by atoms with Crippen LogP contribution >= 0.6 is 0 Å². The third kappa shape index (κ3) is 4.15. The number of para-hydroxylation sites is 1. The van der Waals surface area contributed by atoms with E-state index in [1.54, 1.807) is 12.1 Å². The minimum Gasteiger partial charge on any atom is -0.386 e. The van der Waals surface area contributed by atoms with Gasteiger partial charge in [-0.25, -0.2) is 0 Å². The van der Waals surface area contributed by atoms with Crippen molar-refractivity contribution in [1.29, 1.82) is 0 Å². The predicted octanol–water partition coefficient (Wildman–Crippen LogP) is 2.03. The summed E-state index contributed by atoms with van der Waals surface area (Å²) in [6.45, 7) is -0.0557. The Kier molecular flexibility index (Phi) is 5.65. The molecule has 0 aliphatic carbocycles. The van der Waals surface area contributed by atoms with Crippen molar-refractivity contribution in [3.63, 3.8) is 0 Å². The first-order chi connectivity index (χ1) is 13.4. The van der Waals surface area contributed by atoms with Gasteiger partial charge in [0.25, 0.3) is 0 Å². The normalized spacial score (nSPS) is 11.9. The number of carbonyl (C=O) groups excluding carboxylic acids is 2. The Morgan fingerprint density at radius 2 is 1.75 bits per heavy atom. The van der Waals surface area contributed by atoms with Crippen LogP contribution in [0.3, 0.4) is 0 Å². The summed E-state index contributed by atoms with van der Waals surface area (Å²) in [7, 11) is 5.73. The number of rotatable bonds is 5. The second-order valence-corrected chi connectivity index (χ2v) is 6.83. The smallest absolute Gasteiger partial charge is 0.313 e. The summed E-state index contributed by atoms with van der Waals surface area (Å²) in [6.07, 6.45) is 0.913. The molecule has 1 unspecified atom stereocenters. The molecular weight excluding hydrogens is 356 g/mol. The Morgan fingerprint density at radius 3 is 2.43 bits per heavy atom. The highest BCUT2D eigenvalue weighted by Gasteiger charge is 2.18. The average molecular weight is 380 g/mol. The van der Waals surface area contributed by atoms with Gasteiger partial charge in [-0.2, -0.15) is 0 Å². The molecule has 0 fully saturated rings. The van der Waals surface area contributed by atoms with Crippen LogP contribution in [0, 0.1) is 0 Å². The monoisotopic (exact) mass is 380 g/mol. The maximum Gasteiger partial charge on any atom is 0.313 e. The number of fused-ring (bicyclic) bond motifs is 1. The lowest BCUT2D eigenvalue weighted by Crippen LogP contribution is -2.37. The van der Waals surface area contributed by atoms with Gasteiger partial charge in [-0.05, 0) is 30.3 Å². The molecule has 0 saturated carbocycles. The summed E-state index contributed by atoms with van der Waals surface area (Å²) in [6, 6.07) is 14.8. The van der Waals surface area contributed by atoms with E-state index in [0.717, 1.165) is 16.6 Å². The Balaban J connectivity index is 1.59. The van der Waals surface area contributed by atoms with Gasteiger partial charge in [0.05, 0.1) is 6.10 Å². The lowest BCUT2D eigenvalue weighted by atomic mass is 10.1. The standard InChI is InChI=1S/C21H24N4O3/c1-24(2)15-10-8-14(9-11-15)23-21(28)20(27)22-12-19(26)17-13-25(3)18-7-5-4-6-16(17)18/h4-11,13,19,26H,12H2,1-3H3,(H,22,27)(H,23,28). The average Bonchev–Trinajstić information content (AvgIpc) is 3.03. The van der Waals surface area contributed by atoms with E-state index in [1.807, 2.05) is 73.2 Å². The van der Waals surface area contributed by atoms with Crippen molar-refractivity contribution in [2.75, 3.05) is 30.9 Å². The molecule has 146 valence electrons.